The second kappa shape index (κ2) is 4.04. The highest BCUT2D eigenvalue weighted by Crippen LogP contribution is 2.39. The zero-order valence-electron chi connectivity index (χ0n) is 7.84. The highest BCUT2D eigenvalue weighted by molar-refractivity contribution is 7.81. The van der Waals surface area contributed by atoms with Crippen molar-refractivity contribution in [2.75, 3.05) is 0 Å². The van der Waals surface area contributed by atoms with Crippen LogP contribution in [0.4, 0.5) is 0 Å². The molecule has 0 bridgehead atoms. The molecule has 0 radical (unpaired) electrons. The summed E-state index contributed by atoms with van der Waals surface area (Å²) in [5.74, 6) is 1.94. The number of hydrogen-bond acceptors (Lipinski definition) is 1. The van der Waals surface area contributed by atoms with Gasteiger partial charge in [0.2, 0.25) is 0 Å². The molecule has 2 aliphatic rings. The van der Waals surface area contributed by atoms with Crippen molar-refractivity contribution in [3.05, 3.63) is 0 Å². The highest BCUT2D eigenvalue weighted by atomic mass is 32.1. The highest BCUT2D eigenvalue weighted by Gasteiger charge is 2.30. The molecule has 12 heavy (non-hydrogen) atoms. The van der Waals surface area contributed by atoms with E-state index in [1.165, 1.54) is 51.4 Å². The first-order valence-electron chi connectivity index (χ1n) is 5.56. The Labute approximate surface area is 81.5 Å². The monoisotopic (exact) mass is 184 g/mol. The Hall–Kier alpha value is 0.350. The van der Waals surface area contributed by atoms with Crippen molar-refractivity contribution in [3.8, 4) is 0 Å². The minimum atomic E-state index is 0.745. The third kappa shape index (κ3) is 1.81. The first-order valence-corrected chi connectivity index (χ1v) is 6.07. The maximum atomic E-state index is 4.82. The quantitative estimate of drug-likeness (QED) is 0.622. The van der Waals surface area contributed by atoms with E-state index in [1.807, 2.05) is 0 Å². The Morgan fingerprint density at radius 3 is 1.42 bits per heavy atom. The summed E-state index contributed by atoms with van der Waals surface area (Å²) in [6, 6.07) is 0. The van der Waals surface area contributed by atoms with Crippen LogP contribution in [0.2, 0.25) is 0 Å². The third-order valence-corrected chi connectivity index (χ3v) is 4.61. The summed E-state index contributed by atoms with van der Waals surface area (Å²) in [5, 5.41) is 0.745. The zero-order chi connectivity index (χ0) is 8.39. The average Bonchev–Trinajstić information content (AvgIpc) is 2.77. The first-order chi connectivity index (χ1) is 5.88. The standard InChI is InChI=1S/C11H20S/c12-11(9-5-1-2-6-9)10-7-3-4-8-10/h9-12H,1-8H2. The van der Waals surface area contributed by atoms with Gasteiger partial charge in [0.1, 0.15) is 0 Å². The van der Waals surface area contributed by atoms with E-state index in [0.717, 1.165) is 17.1 Å². The predicted molar refractivity (Wildman–Crippen MR) is 56.7 cm³/mol. The molecule has 2 saturated carbocycles. The lowest BCUT2D eigenvalue weighted by Crippen LogP contribution is -2.20. The van der Waals surface area contributed by atoms with Crippen LogP contribution < -0.4 is 0 Å². The molecule has 0 nitrogen and oxygen atoms in total. The van der Waals surface area contributed by atoms with Crippen molar-refractivity contribution in [2.24, 2.45) is 11.8 Å². The molecule has 0 aromatic rings. The van der Waals surface area contributed by atoms with Crippen molar-refractivity contribution >= 4 is 12.6 Å². The van der Waals surface area contributed by atoms with Crippen LogP contribution in [-0.2, 0) is 0 Å². The fraction of sp³-hybridized carbons (Fsp3) is 1.00. The molecule has 2 aliphatic carbocycles. The lowest BCUT2D eigenvalue weighted by molar-refractivity contribution is 0.400. The summed E-state index contributed by atoms with van der Waals surface area (Å²) in [6.45, 7) is 0. The molecule has 2 fully saturated rings. The van der Waals surface area contributed by atoms with Crippen molar-refractivity contribution in [2.45, 2.75) is 56.6 Å². The van der Waals surface area contributed by atoms with Crippen molar-refractivity contribution in [1.82, 2.24) is 0 Å². The maximum Gasteiger partial charge on any atom is 0.00733 e. The fourth-order valence-corrected chi connectivity index (χ4v) is 3.58. The van der Waals surface area contributed by atoms with E-state index in [2.05, 4.69) is 0 Å². The molecular weight excluding hydrogens is 164 g/mol. The Bertz CT molecular complexity index is 116. The topological polar surface area (TPSA) is 0 Å². The largest absolute Gasteiger partial charge is 0.175 e. The molecular formula is C11H20S. The first kappa shape index (κ1) is 8.93. The summed E-state index contributed by atoms with van der Waals surface area (Å²) < 4.78 is 0. The van der Waals surface area contributed by atoms with Gasteiger partial charge in [0.05, 0.1) is 0 Å². The van der Waals surface area contributed by atoms with Gasteiger partial charge >= 0.3 is 0 Å². The SMILES string of the molecule is SC(C1CCCC1)C1CCCC1. The molecule has 0 spiro atoms. The van der Waals surface area contributed by atoms with Gasteiger partial charge in [0.15, 0.2) is 0 Å². The van der Waals surface area contributed by atoms with Crippen LogP contribution in [0.1, 0.15) is 51.4 Å². The Morgan fingerprint density at radius 1 is 0.750 bits per heavy atom. The Kier molecular flexibility index (Phi) is 3.00. The number of hydrogen-bond donors (Lipinski definition) is 1. The van der Waals surface area contributed by atoms with Gasteiger partial charge in [-0.2, -0.15) is 12.6 Å². The molecule has 2 rings (SSSR count). The summed E-state index contributed by atoms with van der Waals surface area (Å²) in [4.78, 5) is 0. The van der Waals surface area contributed by atoms with Gasteiger partial charge in [-0.15, -0.1) is 0 Å². The molecule has 0 atom stereocenters. The van der Waals surface area contributed by atoms with Crippen LogP contribution in [0.25, 0.3) is 0 Å². The van der Waals surface area contributed by atoms with Gasteiger partial charge in [-0.1, -0.05) is 25.7 Å². The molecule has 0 aromatic carbocycles. The van der Waals surface area contributed by atoms with Crippen LogP contribution in [0.15, 0.2) is 0 Å². The molecule has 0 aromatic heterocycles. The zero-order valence-corrected chi connectivity index (χ0v) is 8.73. The van der Waals surface area contributed by atoms with Crippen LogP contribution >= 0.6 is 12.6 Å². The summed E-state index contributed by atoms with van der Waals surface area (Å²) >= 11 is 4.82. The molecule has 0 heterocycles. The van der Waals surface area contributed by atoms with Gasteiger partial charge in [-0.05, 0) is 37.5 Å². The van der Waals surface area contributed by atoms with Gasteiger partial charge in [0, 0.05) is 5.25 Å². The van der Waals surface area contributed by atoms with Crippen LogP contribution in [0, 0.1) is 11.8 Å². The molecule has 1 heteroatoms. The van der Waals surface area contributed by atoms with E-state index in [4.69, 9.17) is 12.6 Å². The lowest BCUT2D eigenvalue weighted by atomic mass is 9.91. The number of thiol groups is 1. The minimum Gasteiger partial charge on any atom is -0.175 e. The second-order valence-corrected chi connectivity index (χ2v) is 5.18. The minimum absolute atomic E-state index is 0.745. The van der Waals surface area contributed by atoms with Gasteiger partial charge in [-0.25, -0.2) is 0 Å². The average molecular weight is 184 g/mol. The summed E-state index contributed by atoms with van der Waals surface area (Å²) in [7, 11) is 0. The van der Waals surface area contributed by atoms with Crippen LogP contribution in [0.3, 0.4) is 0 Å². The summed E-state index contributed by atoms with van der Waals surface area (Å²) in [5.41, 5.74) is 0. The van der Waals surface area contributed by atoms with E-state index < -0.39 is 0 Å². The van der Waals surface area contributed by atoms with E-state index in [1.54, 1.807) is 0 Å². The van der Waals surface area contributed by atoms with Crippen molar-refractivity contribution < 1.29 is 0 Å². The van der Waals surface area contributed by atoms with E-state index in [9.17, 15) is 0 Å². The lowest BCUT2D eigenvalue weighted by Gasteiger charge is -2.23. The van der Waals surface area contributed by atoms with Gasteiger partial charge < -0.3 is 0 Å². The molecule has 70 valence electrons. The van der Waals surface area contributed by atoms with E-state index in [-0.39, 0.29) is 0 Å². The molecule has 0 unspecified atom stereocenters. The van der Waals surface area contributed by atoms with Gasteiger partial charge in [-0.3, -0.25) is 0 Å². The Balaban J connectivity index is 1.84. The van der Waals surface area contributed by atoms with Crippen LogP contribution in [-0.4, -0.2) is 5.25 Å². The molecule has 0 aliphatic heterocycles. The molecule has 0 N–H and O–H groups in total. The molecule has 0 amide bonds. The van der Waals surface area contributed by atoms with Crippen molar-refractivity contribution in [1.29, 1.82) is 0 Å². The van der Waals surface area contributed by atoms with Gasteiger partial charge in [0.25, 0.3) is 0 Å². The number of rotatable bonds is 2. The Morgan fingerprint density at radius 2 is 1.08 bits per heavy atom. The second-order valence-electron chi connectivity index (χ2n) is 4.58. The predicted octanol–water partition coefficient (Wildman–Crippen LogP) is 3.67. The van der Waals surface area contributed by atoms with E-state index >= 15 is 0 Å². The van der Waals surface area contributed by atoms with E-state index in [0.29, 0.717) is 0 Å². The third-order valence-electron chi connectivity index (χ3n) is 3.77. The smallest absolute Gasteiger partial charge is 0.00733 e. The maximum absolute atomic E-state index is 4.82. The van der Waals surface area contributed by atoms with Crippen molar-refractivity contribution in [3.63, 3.8) is 0 Å². The van der Waals surface area contributed by atoms with Crippen LogP contribution in [0.5, 0.6) is 0 Å². The molecule has 0 saturated heterocycles. The normalized spacial score (nSPS) is 27.5. The summed E-state index contributed by atoms with van der Waals surface area (Å²) in [6.07, 6.45) is 11.7. The fourth-order valence-electron chi connectivity index (χ4n) is 2.98.